The molecule has 0 saturated carbocycles. The Morgan fingerprint density at radius 1 is 1.53 bits per heavy atom. The number of anilines is 1. The fourth-order valence-corrected chi connectivity index (χ4v) is 2.78. The summed E-state index contributed by atoms with van der Waals surface area (Å²) < 4.78 is 6.25. The molecule has 0 spiro atoms. The van der Waals surface area contributed by atoms with Gasteiger partial charge in [0.05, 0.1) is 6.61 Å². The van der Waals surface area contributed by atoms with Gasteiger partial charge in [-0.1, -0.05) is 12.1 Å². The van der Waals surface area contributed by atoms with E-state index in [1.165, 1.54) is 12.0 Å². The molecule has 1 aliphatic rings. The molecule has 0 amide bonds. The minimum Gasteiger partial charge on any atom is -0.398 e. The Labute approximate surface area is 111 Å². The van der Waals surface area contributed by atoms with Gasteiger partial charge < -0.3 is 10.5 Å². The third-order valence-corrected chi connectivity index (χ3v) is 4.24. The van der Waals surface area contributed by atoms with Crippen LogP contribution in [0.2, 0.25) is 0 Å². The second-order valence-corrected chi connectivity index (χ2v) is 5.46. The van der Waals surface area contributed by atoms with Gasteiger partial charge in [0.2, 0.25) is 0 Å². The van der Waals surface area contributed by atoms with Crippen LogP contribution in [0.25, 0.3) is 0 Å². The van der Waals surface area contributed by atoms with Gasteiger partial charge in [-0.05, 0) is 46.4 Å². The van der Waals surface area contributed by atoms with Crippen molar-refractivity contribution in [2.24, 2.45) is 5.92 Å². The second kappa shape index (κ2) is 5.85. The highest BCUT2D eigenvalue weighted by Crippen LogP contribution is 2.27. The lowest BCUT2D eigenvalue weighted by Crippen LogP contribution is -2.21. The number of halogens is 1. The van der Waals surface area contributed by atoms with Crippen molar-refractivity contribution in [1.82, 2.24) is 4.90 Å². The number of nitrogens with zero attached hydrogens (tertiary/aromatic N) is 1. The standard InChI is InChI=1S/C13H19BrN2O/c1-17-9-10-5-6-16(7-10)8-11-3-2-4-12(15)13(11)14/h2-4,10H,5-9,15H2,1H3. The summed E-state index contributed by atoms with van der Waals surface area (Å²) in [6.45, 7) is 4.10. The van der Waals surface area contributed by atoms with Crippen molar-refractivity contribution in [2.45, 2.75) is 13.0 Å². The largest absolute Gasteiger partial charge is 0.398 e. The number of methoxy groups -OCH3 is 1. The molecule has 1 saturated heterocycles. The first-order chi connectivity index (χ1) is 8.20. The van der Waals surface area contributed by atoms with Gasteiger partial charge in [-0.3, -0.25) is 4.90 Å². The molecular weight excluding hydrogens is 280 g/mol. The van der Waals surface area contributed by atoms with E-state index < -0.39 is 0 Å². The van der Waals surface area contributed by atoms with E-state index in [9.17, 15) is 0 Å². The van der Waals surface area contributed by atoms with Crippen molar-refractivity contribution in [3.8, 4) is 0 Å². The molecule has 1 unspecified atom stereocenters. The number of benzene rings is 1. The van der Waals surface area contributed by atoms with Crippen LogP contribution in [0, 0.1) is 5.92 Å². The third kappa shape index (κ3) is 3.21. The van der Waals surface area contributed by atoms with Crippen LogP contribution in [0.1, 0.15) is 12.0 Å². The van der Waals surface area contributed by atoms with E-state index in [1.807, 2.05) is 12.1 Å². The predicted octanol–water partition coefficient (Wildman–Crippen LogP) is 2.50. The lowest BCUT2D eigenvalue weighted by atomic mass is 10.1. The summed E-state index contributed by atoms with van der Waals surface area (Å²) in [5.74, 6) is 0.680. The summed E-state index contributed by atoms with van der Waals surface area (Å²) in [7, 11) is 1.77. The molecule has 0 aliphatic carbocycles. The first-order valence-corrected chi connectivity index (χ1v) is 6.74. The maximum Gasteiger partial charge on any atom is 0.0503 e. The zero-order chi connectivity index (χ0) is 12.3. The minimum atomic E-state index is 0.680. The first kappa shape index (κ1) is 12.9. The lowest BCUT2D eigenvalue weighted by Gasteiger charge is -2.17. The second-order valence-electron chi connectivity index (χ2n) is 4.67. The van der Waals surface area contributed by atoms with Gasteiger partial charge >= 0.3 is 0 Å². The number of hydrogen-bond acceptors (Lipinski definition) is 3. The highest BCUT2D eigenvalue weighted by atomic mass is 79.9. The highest BCUT2D eigenvalue weighted by molar-refractivity contribution is 9.10. The van der Waals surface area contributed by atoms with Crippen LogP contribution in [0.5, 0.6) is 0 Å². The Bertz CT molecular complexity index is 384. The number of rotatable bonds is 4. The van der Waals surface area contributed by atoms with Gasteiger partial charge in [-0.25, -0.2) is 0 Å². The molecule has 2 N–H and O–H groups in total. The number of hydrogen-bond donors (Lipinski definition) is 1. The van der Waals surface area contributed by atoms with Crippen molar-refractivity contribution in [3.63, 3.8) is 0 Å². The van der Waals surface area contributed by atoms with E-state index >= 15 is 0 Å². The third-order valence-electron chi connectivity index (χ3n) is 3.27. The molecular formula is C13H19BrN2O. The summed E-state index contributed by atoms with van der Waals surface area (Å²) in [4.78, 5) is 2.46. The van der Waals surface area contributed by atoms with Gasteiger partial charge in [0.25, 0.3) is 0 Å². The summed E-state index contributed by atoms with van der Waals surface area (Å²) in [5.41, 5.74) is 7.97. The SMILES string of the molecule is COCC1CCN(Cc2cccc(N)c2Br)C1. The first-order valence-electron chi connectivity index (χ1n) is 5.95. The van der Waals surface area contributed by atoms with Gasteiger partial charge in [0.15, 0.2) is 0 Å². The average Bonchev–Trinajstić information content (AvgIpc) is 2.73. The number of nitrogens with two attached hydrogens (primary N) is 1. The van der Waals surface area contributed by atoms with E-state index in [4.69, 9.17) is 10.5 Å². The molecule has 17 heavy (non-hydrogen) atoms. The summed E-state index contributed by atoms with van der Waals surface area (Å²) in [5, 5.41) is 0. The number of nitrogen functional groups attached to an aromatic ring is 1. The summed E-state index contributed by atoms with van der Waals surface area (Å²) in [6.07, 6.45) is 1.23. The molecule has 94 valence electrons. The molecule has 1 heterocycles. The van der Waals surface area contributed by atoms with Crippen LogP contribution < -0.4 is 5.73 Å². The lowest BCUT2D eigenvalue weighted by molar-refractivity contribution is 0.152. The van der Waals surface area contributed by atoms with E-state index in [0.717, 1.165) is 36.4 Å². The Hall–Kier alpha value is -0.580. The summed E-state index contributed by atoms with van der Waals surface area (Å²) >= 11 is 3.56. The van der Waals surface area contributed by atoms with E-state index in [1.54, 1.807) is 7.11 Å². The van der Waals surface area contributed by atoms with Crippen LogP contribution in [-0.2, 0) is 11.3 Å². The predicted molar refractivity (Wildman–Crippen MR) is 73.8 cm³/mol. The molecule has 1 aromatic rings. The molecule has 0 aromatic heterocycles. The van der Waals surface area contributed by atoms with E-state index in [2.05, 4.69) is 26.9 Å². The molecule has 1 atom stereocenters. The van der Waals surface area contributed by atoms with Crippen LogP contribution >= 0.6 is 15.9 Å². The van der Waals surface area contributed by atoms with Crippen molar-refractivity contribution in [3.05, 3.63) is 28.2 Å². The fraction of sp³-hybridized carbons (Fsp3) is 0.538. The van der Waals surface area contributed by atoms with Crippen LogP contribution in [0.4, 0.5) is 5.69 Å². The fourth-order valence-electron chi connectivity index (χ4n) is 2.39. The minimum absolute atomic E-state index is 0.680. The van der Waals surface area contributed by atoms with Crippen molar-refractivity contribution >= 4 is 21.6 Å². The number of likely N-dealkylation sites (tertiary alicyclic amines) is 1. The van der Waals surface area contributed by atoms with Crippen molar-refractivity contribution in [2.75, 3.05) is 32.5 Å². The Kier molecular flexibility index (Phi) is 4.42. The smallest absolute Gasteiger partial charge is 0.0503 e. The van der Waals surface area contributed by atoms with Crippen molar-refractivity contribution in [1.29, 1.82) is 0 Å². The molecule has 0 radical (unpaired) electrons. The Morgan fingerprint density at radius 2 is 2.35 bits per heavy atom. The van der Waals surface area contributed by atoms with Crippen LogP contribution in [0.3, 0.4) is 0 Å². The monoisotopic (exact) mass is 298 g/mol. The highest BCUT2D eigenvalue weighted by Gasteiger charge is 2.22. The van der Waals surface area contributed by atoms with Gasteiger partial charge in [-0.2, -0.15) is 0 Å². The molecule has 0 bridgehead atoms. The topological polar surface area (TPSA) is 38.5 Å². The number of ether oxygens (including phenoxy) is 1. The normalized spacial score (nSPS) is 20.9. The van der Waals surface area contributed by atoms with E-state index in [-0.39, 0.29) is 0 Å². The maximum atomic E-state index is 5.88. The Morgan fingerprint density at radius 3 is 3.12 bits per heavy atom. The summed E-state index contributed by atoms with van der Waals surface area (Å²) in [6, 6.07) is 6.06. The van der Waals surface area contributed by atoms with Crippen LogP contribution in [0.15, 0.2) is 22.7 Å². The molecule has 1 fully saturated rings. The molecule has 3 nitrogen and oxygen atoms in total. The van der Waals surface area contributed by atoms with Crippen LogP contribution in [-0.4, -0.2) is 31.7 Å². The van der Waals surface area contributed by atoms with Crippen molar-refractivity contribution < 1.29 is 4.74 Å². The zero-order valence-electron chi connectivity index (χ0n) is 10.2. The molecule has 1 aromatic carbocycles. The Balaban J connectivity index is 1.96. The maximum absolute atomic E-state index is 5.88. The van der Waals surface area contributed by atoms with Gasteiger partial charge in [0.1, 0.15) is 0 Å². The molecule has 4 heteroatoms. The molecule has 2 rings (SSSR count). The van der Waals surface area contributed by atoms with Gasteiger partial charge in [0, 0.05) is 30.4 Å². The average molecular weight is 299 g/mol. The zero-order valence-corrected chi connectivity index (χ0v) is 11.7. The molecule has 1 aliphatic heterocycles. The van der Waals surface area contributed by atoms with Gasteiger partial charge in [-0.15, -0.1) is 0 Å². The quantitative estimate of drug-likeness (QED) is 0.868. The van der Waals surface area contributed by atoms with E-state index in [0.29, 0.717) is 5.92 Å².